The van der Waals surface area contributed by atoms with E-state index in [0.29, 0.717) is 12.5 Å². The van der Waals surface area contributed by atoms with Gasteiger partial charge in [0.05, 0.1) is 13.2 Å². The molecule has 1 rings (SSSR count). The van der Waals surface area contributed by atoms with E-state index in [1.807, 2.05) is 13.8 Å². The summed E-state index contributed by atoms with van der Waals surface area (Å²) in [6.45, 7) is 7.76. The van der Waals surface area contributed by atoms with E-state index in [9.17, 15) is 0 Å². The Kier molecular flexibility index (Phi) is 4.16. The molecule has 1 atom stereocenters. The molecule has 1 aliphatic heterocycles. The lowest BCUT2D eigenvalue weighted by Crippen LogP contribution is -2.39. The quantitative estimate of drug-likeness (QED) is 0.681. The second-order valence-electron chi connectivity index (χ2n) is 4.72. The van der Waals surface area contributed by atoms with Gasteiger partial charge in [0.2, 0.25) is 0 Å². The highest BCUT2D eigenvalue weighted by Crippen LogP contribution is 2.10. The minimum atomic E-state index is -0.192. The van der Waals surface area contributed by atoms with Gasteiger partial charge in [-0.2, -0.15) is 0 Å². The number of ether oxygens (including phenoxy) is 1. The van der Waals surface area contributed by atoms with E-state index < -0.39 is 0 Å². The maximum atomic E-state index is 5.81. The largest absolute Gasteiger partial charge is 0.379 e. The molecule has 1 saturated heterocycles. The van der Waals surface area contributed by atoms with Gasteiger partial charge < -0.3 is 15.8 Å². The van der Waals surface area contributed by atoms with Crippen LogP contribution >= 0.6 is 0 Å². The Labute approximate surface area is 81.0 Å². The Morgan fingerprint density at radius 2 is 2.31 bits per heavy atom. The van der Waals surface area contributed by atoms with Crippen LogP contribution in [0, 0.1) is 5.92 Å². The molecular formula is C10H22N2O. The van der Waals surface area contributed by atoms with Gasteiger partial charge in [0, 0.05) is 12.1 Å². The normalized spacial score (nSPS) is 24.7. The maximum absolute atomic E-state index is 5.81. The van der Waals surface area contributed by atoms with E-state index in [0.717, 1.165) is 13.2 Å². The number of nitrogens with two attached hydrogens (primary N) is 1. The fourth-order valence-electron chi connectivity index (χ4n) is 1.55. The predicted molar refractivity (Wildman–Crippen MR) is 54.7 cm³/mol. The first kappa shape index (κ1) is 11.0. The fourth-order valence-corrected chi connectivity index (χ4v) is 1.55. The van der Waals surface area contributed by atoms with Gasteiger partial charge in [0.25, 0.3) is 0 Å². The summed E-state index contributed by atoms with van der Waals surface area (Å²) >= 11 is 0. The SMILES string of the molecule is CC(C)(N)COCC1CCCNC1. The van der Waals surface area contributed by atoms with E-state index in [1.165, 1.54) is 19.4 Å². The molecule has 3 heteroatoms. The molecule has 0 radical (unpaired) electrons. The monoisotopic (exact) mass is 186 g/mol. The van der Waals surface area contributed by atoms with Crippen molar-refractivity contribution < 1.29 is 4.74 Å². The van der Waals surface area contributed by atoms with Gasteiger partial charge in [-0.25, -0.2) is 0 Å². The van der Waals surface area contributed by atoms with Crippen LogP contribution in [0.5, 0.6) is 0 Å². The first-order valence-electron chi connectivity index (χ1n) is 5.15. The zero-order valence-corrected chi connectivity index (χ0v) is 8.81. The van der Waals surface area contributed by atoms with Crippen LogP contribution in [-0.2, 0) is 4.74 Å². The lowest BCUT2D eigenvalue weighted by atomic mass is 10.0. The van der Waals surface area contributed by atoms with Gasteiger partial charge in [-0.15, -0.1) is 0 Å². The number of hydrogen-bond donors (Lipinski definition) is 2. The highest BCUT2D eigenvalue weighted by atomic mass is 16.5. The lowest BCUT2D eigenvalue weighted by Gasteiger charge is -2.25. The van der Waals surface area contributed by atoms with E-state index >= 15 is 0 Å². The molecular weight excluding hydrogens is 164 g/mol. The Hall–Kier alpha value is -0.120. The topological polar surface area (TPSA) is 47.3 Å². The van der Waals surface area contributed by atoms with Gasteiger partial charge in [0.15, 0.2) is 0 Å². The molecule has 0 aromatic carbocycles. The van der Waals surface area contributed by atoms with Gasteiger partial charge in [0.1, 0.15) is 0 Å². The van der Waals surface area contributed by atoms with Crippen molar-refractivity contribution in [2.24, 2.45) is 11.7 Å². The van der Waals surface area contributed by atoms with Crippen molar-refractivity contribution in [2.45, 2.75) is 32.2 Å². The fraction of sp³-hybridized carbons (Fsp3) is 1.00. The minimum absolute atomic E-state index is 0.192. The summed E-state index contributed by atoms with van der Waals surface area (Å²) in [5, 5.41) is 3.37. The highest BCUT2D eigenvalue weighted by Gasteiger charge is 2.15. The minimum Gasteiger partial charge on any atom is -0.379 e. The molecule has 0 saturated carbocycles. The summed E-state index contributed by atoms with van der Waals surface area (Å²) in [6, 6.07) is 0. The van der Waals surface area contributed by atoms with E-state index in [4.69, 9.17) is 10.5 Å². The molecule has 0 amide bonds. The van der Waals surface area contributed by atoms with Crippen molar-refractivity contribution in [3.63, 3.8) is 0 Å². The van der Waals surface area contributed by atoms with Crippen LogP contribution in [0.25, 0.3) is 0 Å². The first-order valence-corrected chi connectivity index (χ1v) is 5.15. The van der Waals surface area contributed by atoms with E-state index in [2.05, 4.69) is 5.32 Å². The zero-order chi connectivity index (χ0) is 9.73. The number of rotatable bonds is 4. The van der Waals surface area contributed by atoms with Crippen molar-refractivity contribution in [3.05, 3.63) is 0 Å². The molecule has 3 nitrogen and oxygen atoms in total. The van der Waals surface area contributed by atoms with Crippen molar-refractivity contribution in [3.8, 4) is 0 Å². The summed E-state index contributed by atoms with van der Waals surface area (Å²) in [7, 11) is 0. The Morgan fingerprint density at radius 3 is 2.85 bits per heavy atom. The number of piperidine rings is 1. The van der Waals surface area contributed by atoms with Crippen LogP contribution in [0.1, 0.15) is 26.7 Å². The molecule has 0 aromatic heterocycles. The van der Waals surface area contributed by atoms with Gasteiger partial charge in [-0.1, -0.05) is 0 Å². The van der Waals surface area contributed by atoms with Crippen molar-refractivity contribution >= 4 is 0 Å². The molecule has 78 valence electrons. The smallest absolute Gasteiger partial charge is 0.0640 e. The maximum Gasteiger partial charge on any atom is 0.0640 e. The van der Waals surface area contributed by atoms with E-state index in [-0.39, 0.29) is 5.54 Å². The van der Waals surface area contributed by atoms with Gasteiger partial charge >= 0.3 is 0 Å². The molecule has 0 bridgehead atoms. The third kappa shape index (κ3) is 5.24. The molecule has 0 spiro atoms. The van der Waals surface area contributed by atoms with E-state index in [1.54, 1.807) is 0 Å². The Morgan fingerprint density at radius 1 is 1.54 bits per heavy atom. The summed E-state index contributed by atoms with van der Waals surface area (Å²) in [4.78, 5) is 0. The number of hydrogen-bond acceptors (Lipinski definition) is 3. The zero-order valence-electron chi connectivity index (χ0n) is 8.81. The van der Waals surface area contributed by atoms with Gasteiger partial charge in [-0.3, -0.25) is 0 Å². The second kappa shape index (κ2) is 4.94. The van der Waals surface area contributed by atoms with Crippen molar-refractivity contribution in [1.82, 2.24) is 5.32 Å². The third-order valence-corrected chi connectivity index (χ3v) is 2.23. The predicted octanol–water partition coefficient (Wildman–Crippen LogP) is 0.740. The van der Waals surface area contributed by atoms with Crippen LogP contribution in [0.15, 0.2) is 0 Å². The third-order valence-electron chi connectivity index (χ3n) is 2.23. The van der Waals surface area contributed by atoms with Crippen LogP contribution in [-0.4, -0.2) is 31.8 Å². The molecule has 13 heavy (non-hydrogen) atoms. The molecule has 1 fully saturated rings. The molecule has 0 aromatic rings. The van der Waals surface area contributed by atoms with Crippen LogP contribution < -0.4 is 11.1 Å². The average Bonchev–Trinajstić information content (AvgIpc) is 2.04. The summed E-state index contributed by atoms with van der Waals surface area (Å²) in [5.74, 6) is 0.691. The molecule has 3 N–H and O–H groups in total. The Bertz CT molecular complexity index is 136. The highest BCUT2D eigenvalue weighted by molar-refractivity contribution is 4.72. The molecule has 1 aliphatic rings. The Balaban J connectivity index is 2.04. The molecule has 1 heterocycles. The standard InChI is InChI=1S/C10H22N2O/c1-10(2,11)8-13-7-9-4-3-5-12-6-9/h9,12H,3-8,11H2,1-2H3. The molecule has 1 unspecified atom stereocenters. The van der Waals surface area contributed by atoms with Crippen molar-refractivity contribution in [1.29, 1.82) is 0 Å². The van der Waals surface area contributed by atoms with Crippen LogP contribution in [0.3, 0.4) is 0 Å². The lowest BCUT2D eigenvalue weighted by molar-refractivity contribution is 0.0626. The van der Waals surface area contributed by atoms with Crippen LogP contribution in [0.2, 0.25) is 0 Å². The average molecular weight is 186 g/mol. The first-order chi connectivity index (χ1) is 6.08. The number of nitrogens with one attached hydrogen (secondary N) is 1. The second-order valence-corrected chi connectivity index (χ2v) is 4.72. The summed E-state index contributed by atoms with van der Waals surface area (Å²) in [5.41, 5.74) is 5.62. The molecule has 0 aliphatic carbocycles. The summed E-state index contributed by atoms with van der Waals surface area (Å²) in [6.07, 6.45) is 2.57. The van der Waals surface area contributed by atoms with Gasteiger partial charge in [-0.05, 0) is 39.2 Å². The van der Waals surface area contributed by atoms with Crippen molar-refractivity contribution in [2.75, 3.05) is 26.3 Å². The summed E-state index contributed by atoms with van der Waals surface area (Å²) < 4.78 is 5.57. The van der Waals surface area contributed by atoms with Crippen LogP contribution in [0.4, 0.5) is 0 Å².